The van der Waals surface area contributed by atoms with E-state index in [0.29, 0.717) is 5.56 Å². The fourth-order valence-electron chi connectivity index (χ4n) is 2.97. The zero-order valence-corrected chi connectivity index (χ0v) is 15.0. The minimum absolute atomic E-state index is 0.0143. The van der Waals surface area contributed by atoms with E-state index in [4.69, 9.17) is 0 Å². The van der Waals surface area contributed by atoms with Crippen molar-refractivity contribution in [1.29, 1.82) is 0 Å². The molecule has 1 aliphatic rings. The van der Waals surface area contributed by atoms with E-state index in [0.717, 1.165) is 42.0 Å². The zero-order valence-electron chi connectivity index (χ0n) is 13.4. The van der Waals surface area contributed by atoms with Crippen molar-refractivity contribution in [1.82, 2.24) is 4.98 Å². The first-order valence-electron chi connectivity index (χ1n) is 7.95. The highest BCUT2D eigenvalue weighted by Gasteiger charge is 2.26. The number of fused-ring (bicyclic) bond motifs is 1. The average Bonchev–Trinajstić information content (AvgIpc) is 2.99. The Bertz CT molecular complexity index is 711. The van der Waals surface area contributed by atoms with E-state index >= 15 is 0 Å². The number of aromatic nitrogens is 1. The molecule has 0 N–H and O–H groups in total. The molecule has 0 saturated heterocycles. The summed E-state index contributed by atoms with van der Waals surface area (Å²) < 4.78 is 0.992. The first kappa shape index (κ1) is 16.0. The Hall–Kier alpha value is -1.88. The number of rotatable bonds is 4. The van der Waals surface area contributed by atoms with Crippen LogP contribution in [0.2, 0.25) is 0 Å². The van der Waals surface area contributed by atoms with Crippen LogP contribution in [-0.4, -0.2) is 30.5 Å². The van der Waals surface area contributed by atoms with Crippen molar-refractivity contribution in [2.75, 3.05) is 29.4 Å². The van der Waals surface area contributed by atoms with Gasteiger partial charge in [0.05, 0.1) is 5.56 Å². The van der Waals surface area contributed by atoms with E-state index in [2.05, 4.69) is 45.7 Å². The van der Waals surface area contributed by atoms with Gasteiger partial charge in [-0.05, 0) is 50.1 Å². The summed E-state index contributed by atoms with van der Waals surface area (Å²) in [6.45, 7) is 6.74. The lowest BCUT2D eigenvalue weighted by atomic mass is 10.2. The first-order chi connectivity index (χ1) is 11.1. The second-order valence-corrected chi connectivity index (χ2v) is 6.47. The second-order valence-electron chi connectivity index (χ2n) is 5.56. The summed E-state index contributed by atoms with van der Waals surface area (Å²) in [5.74, 6) is 0.927. The van der Waals surface area contributed by atoms with Crippen molar-refractivity contribution in [2.45, 2.75) is 20.3 Å². The minimum atomic E-state index is 0.0143. The molecule has 4 nitrogen and oxygen atoms in total. The van der Waals surface area contributed by atoms with Crippen molar-refractivity contribution in [3.05, 3.63) is 52.1 Å². The van der Waals surface area contributed by atoms with E-state index in [1.165, 1.54) is 5.56 Å². The maximum atomic E-state index is 12.8. The predicted molar refractivity (Wildman–Crippen MR) is 97.3 cm³/mol. The van der Waals surface area contributed by atoms with Crippen LogP contribution in [0.15, 0.2) is 41.0 Å². The highest BCUT2D eigenvalue weighted by Crippen LogP contribution is 2.32. The Labute approximate surface area is 145 Å². The zero-order chi connectivity index (χ0) is 16.4. The highest BCUT2D eigenvalue weighted by atomic mass is 79.9. The minimum Gasteiger partial charge on any atom is -0.357 e. The van der Waals surface area contributed by atoms with Crippen LogP contribution in [0.3, 0.4) is 0 Å². The van der Waals surface area contributed by atoms with Crippen LogP contribution in [0.25, 0.3) is 0 Å². The van der Waals surface area contributed by atoms with Crippen molar-refractivity contribution in [3.63, 3.8) is 0 Å². The predicted octanol–water partition coefficient (Wildman–Crippen LogP) is 3.89. The molecule has 2 heterocycles. The average molecular weight is 374 g/mol. The van der Waals surface area contributed by atoms with Crippen LogP contribution in [-0.2, 0) is 6.42 Å². The molecule has 1 aliphatic heterocycles. The smallest absolute Gasteiger partial charge is 0.259 e. The number of halogens is 1. The largest absolute Gasteiger partial charge is 0.357 e. The van der Waals surface area contributed by atoms with Gasteiger partial charge in [-0.15, -0.1) is 0 Å². The molecule has 2 aromatic rings. The number of carbonyl (C=O) groups is 1. The van der Waals surface area contributed by atoms with Gasteiger partial charge in [-0.1, -0.05) is 22.0 Å². The van der Waals surface area contributed by atoms with Gasteiger partial charge in [-0.25, -0.2) is 4.98 Å². The van der Waals surface area contributed by atoms with Crippen molar-refractivity contribution in [2.24, 2.45) is 0 Å². The van der Waals surface area contributed by atoms with Gasteiger partial charge < -0.3 is 9.80 Å². The third-order valence-corrected chi connectivity index (χ3v) is 4.76. The summed E-state index contributed by atoms with van der Waals surface area (Å²) in [5, 5.41) is 0. The molecule has 5 heteroatoms. The number of nitrogens with zero attached hydrogens (tertiary/aromatic N) is 3. The van der Waals surface area contributed by atoms with E-state index in [1.807, 2.05) is 29.2 Å². The molecule has 1 aromatic heterocycles. The number of amides is 1. The Morgan fingerprint density at radius 1 is 1.26 bits per heavy atom. The molecule has 0 saturated carbocycles. The molecule has 0 atom stereocenters. The molecule has 0 fully saturated rings. The van der Waals surface area contributed by atoms with Crippen LogP contribution in [0.4, 0.5) is 11.5 Å². The van der Waals surface area contributed by atoms with Gasteiger partial charge in [-0.3, -0.25) is 4.79 Å². The second kappa shape index (κ2) is 6.71. The Morgan fingerprint density at radius 2 is 2.04 bits per heavy atom. The van der Waals surface area contributed by atoms with Crippen molar-refractivity contribution < 1.29 is 4.79 Å². The molecule has 0 spiro atoms. The van der Waals surface area contributed by atoms with Gasteiger partial charge in [0.2, 0.25) is 0 Å². The quantitative estimate of drug-likeness (QED) is 0.815. The van der Waals surface area contributed by atoms with E-state index in [-0.39, 0.29) is 5.91 Å². The summed E-state index contributed by atoms with van der Waals surface area (Å²) in [4.78, 5) is 21.3. The van der Waals surface area contributed by atoms with Crippen LogP contribution in [0, 0.1) is 0 Å². The van der Waals surface area contributed by atoms with Crippen molar-refractivity contribution in [3.8, 4) is 0 Å². The monoisotopic (exact) mass is 373 g/mol. The number of benzene rings is 1. The van der Waals surface area contributed by atoms with Gasteiger partial charge in [-0.2, -0.15) is 0 Å². The van der Waals surface area contributed by atoms with Crippen LogP contribution < -0.4 is 9.80 Å². The molecular weight excluding hydrogens is 354 g/mol. The summed E-state index contributed by atoms with van der Waals surface area (Å²) in [5.41, 5.74) is 2.85. The fraction of sp³-hybridized carbons (Fsp3) is 0.333. The normalized spacial score (nSPS) is 13.1. The van der Waals surface area contributed by atoms with Crippen LogP contribution >= 0.6 is 15.9 Å². The topological polar surface area (TPSA) is 36.4 Å². The number of hydrogen-bond donors (Lipinski definition) is 0. The molecule has 23 heavy (non-hydrogen) atoms. The number of carbonyl (C=O) groups excluding carboxylic acids is 1. The Morgan fingerprint density at radius 3 is 2.70 bits per heavy atom. The lowest BCUT2D eigenvalue weighted by Crippen LogP contribution is -2.29. The molecular formula is C18H20BrN3O. The van der Waals surface area contributed by atoms with Gasteiger partial charge in [0.15, 0.2) is 0 Å². The maximum absolute atomic E-state index is 12.8. The number of anilines is 2. The number of hydrogen-bond acceptors (Lipinski definition) is 3. The molecule has 3 rings (SSSR count). The van der Waals surface area contributed by atoms with E-state index in [1.54, 1.807) is 6.20 Å². The SMILES string of the molecule is CCN(CC)c1ccc(C(=O)N2CCc3ccc(Br)cc32)cn1. The molecule has 1 amide bonds. The number of pyridine rings is 1. The van der Waals surface area contributed by atoms with Crippen LogP contribution in [0.5, 0.6) is 0 Å². The third kappa shape index (κ3) is 3.11. The first-order valence-corrected chi connectivity index (χ1v) is 8.74. The Balaban J connectivity index is 1.84. The maximum Gasteiger partial charge on any atom is 0.259 e. The fourth-order valence-corrected chi connectivity index (χ4v) is 3.32. The van der Waals surface area contributed by atoms with E-state index < -0.39 is 0 Å². The molecule has 120 valence electrons. The van der Waals surface area contributed by atoms with Crippen LogP contribution in [0.1, 0.15) is 29.8 Å². The Kier molecular flexibility index (Phi) is 4.66. The van der Waals surface area contributed by atoms with Gasteiger partial charge in [0.1, 0.15) is 5.82 Å². The summed E-state index contributed by atoms with van der Waals surface area (Å²) in [6, 6.07) is 9.91. The van der Waals surface area contributed by atoms with E-state index in [9.17, 15) is 4.79 Å². The van der Waals surface area contributed by atoms with Gasteiger partial charge in [0, 0.05) is 36.0 Å². The molecule has 0 aliphatic carbocycles. The summed E-state index contributed by atoms with van der Waals surface area (Å²) in [6.07, 6.45) is 2.59. The highest BCUT2D eigenvalue weighted by molar-refractivity contribution is 9.10. The van der Waals surface area contributed by atoms with Gasteiger partial charge >= 0.3 is 0 Å². The van der Waals surface area contributed by atoms with Gasteiger partial charge in [0.25, 0.3) is 5.91 Å². The molecule has 1 aromatic carbocycles. The standard InChI is InChI=1S/C18H20BrN3O/c1-3-21(4-2)17-8-6-14(12-20-17)18(23)22-10-9-13-5-7-15(19)11-16(13)22/h5-8,11-12H,3-4,9-10H2,1-2H3. The van der Waals surface area contributed by atoms with Crippen molar-refractivity contribution >= 4 is 33.3 Å². The molecule has 0 unspecified atom stereocenters. The summed E-state index contributed by atoms with van der Waals surface area (Å²) >= 11 is 3.48. The molecule has 0 bridgehead atoms. The third-order valence-electron chi connectivity index (χ3n) is 4.27. The molecule has 0 radical (unpaired) electrons. The summed E-state index contributed by atoms with van der Waals surface area (Å²) in [7, 11) is 0. The lowest BCUT2D eigenvalue weighted by molar-refractivity contribution is 0.0989. The lowest BCUT2D eigenvalue weighted by Gasteiger charge is -2.21.